The maximum absolute atomic E-state index is 12.5. The SMILES string of the molecule is CN=C(NCc1ccc(C(=O)N2CCNC(=O)C2)cc1)NCC(C)c1cccs1. The Morgan fingerprint density at radius 2 is 2.07 bits per heavy atom. The molecule has 1 atom stereocenters. The molecule has 29 heavy (non-hydrogen) atoms. The highest BCUT2D eigenvalue weighted by atomic mass is 32.1. The summed E-state index contributed by atoms with van der Waals surface area (Å²) >= 11 is 1.76. The number of nitrogens with one attached hydrogen (secondary N) is 3. The molecule has 7 nitrogen and oxygen atoms in total. The summed E-state index contributed by atoms with van der Waals surface area (Å²) in [6, 6.07) is 11.7. The van der Waals surface area contributed by atoms with Crippen molar-refractivity contribution in [1.29, 1.82) is 0 Å². The van der Waals surface area contributed by atoms with Gasteiger partial charge in [-0.3, -0.25) is 14.6 Å². The Morgan fingerprint density at radius 1 is 1.28 bits per heavy atom. The number of hydrogen-bond donors (Lipinski definition) is 3. The third kappa shape index (κ3) is 5.80. The van der Waals surface area contributed by atoms with E-state index >= 15 is 0 Å². The molecule has 1 aliphatic heterocycles. The molecule has 0 radical (unpaired) electrons. The van der Waals surface area contributed by atoms with Crippen LogP contribution in [0, 0.1) is 0 Å². The molecule has 2 heterocycles. The van der Waals surface area contributed by atoms with Crippen molar-refractivity contribution < 1.29 is 9.59 Å². The van der Waals surface area contributed by atoms with Gasteiger partial charge in [-0.25, -0.2) is 0 Å². The number of amides is 2. The molecule has 1 unspecified atom stereocenters. The average Bonchev–Trinajstić information content (AvgIpc) is 3.28. The average molecular weight is 414 g/mol. The van der Waals surface area contributed by atoms with Crippen LogP contribution in [0.5, 0.6) is 0 Å². The number of guanidine groups is 1. The predicted molar refractivity (Wildman–Crippen MR) is 116 cm³/mol. The molecule has 0 aliphatic carbocycles. The van der Waals surface area contributed by atoms with Gasteiger partial charge < -0.3 is 20.9 Å². The van der Waals surface area contributed by atoms with Crippen LogP contribution >= 0.6 is 11.3 Å². The first-order chi connectivity index (χ1) is 14.1. The number of benzene rings is 1. The lowest BCUT2D eigenvalue weighted by molar-refractivity contribution is -0.123. The van der Waals surface area contributed by atoms with Gasteiger partial charge in [-0.05, 0) is 29.1 Å². The van der Waals surface area contributed by atoms with Crippen LogP contribution in [0.4, 0.5) is 0 Å². The van der Waals surface area contributed by atoms with E-state index in [0.29, 0.717) is 31.1 Å². The van der Waals surface area contributed by atoms with E-state index in [-0.39, 0.29) is 18.4 Å². The minimum absolute atomic E-state index is 0.112. The summed E-state index contributed by atoms with van der Waals surface area (Å²) in [5, 5.41) is 11.5. The van der Waals surface area contributed by atoms with E-state index in [2.05, 4.69) is 45.4 Å². The first-order valence-electron chi connectivity index (χ1n) is 9.69. The molecule has 1 fully saturated rings. The Hall–Kier alpha value is -2.87. The highest BCUT2D eigenvalue weighted by molar-refractivity contribution is 7.10. The minimum Gasteiger partial charge on any atom is -0.356 e. The van der Waals surface area contributed by atoms with Crippen LogP contribution < -0.4 is 16.0 Å². The summed E-state index contributed by atoms with van der Waals surface area (Å²) in [4.78, 5) is 31.2. The summed E-state index contributed by atoms with van der Waals surface area (Å²) in [5.41, 5.74) is 1.64. The second-order valence-corrected chi connectivity index (χ2v) is 7.98. The molecule has 1 saturated heterocycles. The second kappa shape index (κ2) is 10.1. The Balaban J connectivity index is 1.48. The molecule has 1 aliphatic rings. The number of nitrogens with zero attached hydrogens (tertiary/aromatic N) is 2. The normalized spacial score (nSPS) is 15.6. The highest BCUT2D eigenvalue weighted by Crippen LogP contribution is 2.19. The summed E-state index contributed by atoms with van der Waals surface area (Å²) in [6.07, 6.45) is 0. The summed E-state index contributed by atoms with van der Waals surface area (Å²) in [5.74, 6) is 0.931. The number of rotatable bonds is 6. The molecule has 154 valence electrons. The maximum Gasteiger partial charge on any atom is 0.254 e. The zero-order valence-electron chi connectivity index (χ0n) is 16.8. The smallest absolute Gasteiger partial charge is 0.254 e. The van der Waals surface area contributed by atoms with Crippen molar-refractivity contribution in [3.05, 3.63) is 57.8 Å². The number of hydrogen-bond acceptors (Lipinski definition) is 4. The molecule has 3 rings (SSSR count). The van der Waals surface area contributed by atoms with Crippen molar-refractivity contribution >= 4 is 29.1 Å². The molecule has 0 saturated carbocycles. The molecular weight excluding hydrogens is 386 g/mol. The summed E-state index contributed by atoms with van der Waals surface area (Å²) in [6.45, 7) is 4.76. The second-order valence-electron chi connectivity index (χ2n) is 7.00. The molecule has 1 aromatic heterocycles. The lowest BCUT2D eigenvalue weighted by atomic mass is 10.1. The lowest BCUT2D eigenvalue weighted by Crippen LogP contribution is -2.49. The first kappa shape index (κ1) is 20.9. The van der Waals surface area contributed by atoms with Gasteiger partial charge in [0.1, 0.15) is 0 Å². The van der Waals surface area contributed by atoms with Gasteiger partial charge in [0.25, 0.3) is 5.91 Å². The Kier molecular flexibility index (Phi) is 7.24. The van der Waals surface area contributed by atoms with Crippen molar-refractivity contribution in [2.75, 3.05) is 33.2 Å². The number of thiophene rings is 1. The van der Waals surface area contributed by atoms with Gasteiger partial charge in [0.2, 0.25) is 5.91 Å². The van der Waals surface area contributed by atoms with Crippen LogP contribution in [0.1, 0.15) is 33.6 Å². The lowest BCUT2D eigenvalue weighted by Gasteiger charge is -2.26. The van der Waals surface area contributed by atoms with Gasteiger partial charge in [-0.15, -0.1) is 11.3 Å². The number of carbonyl (C=O) groups excluding carboxylic acids is 2. The largest absolute Gasteiger partial charge is 0.356 e. The third-order valence-corrected chi connectivity index (χ3v) is 5.92. The van der Waals surface area contributed by atoms with Gasteiger partial charge in [-0.2, -0.15) is 0 Å². The fourth-order valence-corrected chi connectivity index (χ4v) is 3.88. The van der Waals surface area contributed by atoms with Crippen molar-refractivity contribution in [1.82, 2.24) is 20.9 Å². The fourth-order valence-electron chi connectivity index (χ4n) is 3.09. The number of aliphatic imine (C=N–C) groups is 1. The fraction of sp³-hybridized carbons (Fsp3) is 0.381. The van der Waals surface area contributed by atoms with E-state index in [1.807, 2.05) is 12.1 Å². The van der Waals surface area contributed by atoms with Gasteiger partial charge in [-0.1, -0.05) is 25.1 Å². The molecule has 2 aromatic rings. The maximum atomic E-state index is 12.5. The van der Waals surface area contributed by atoms with Gasteiger partial charge in [0.05, 0.1) is 6.54 Å². The van der Waals surface area contributed by atoms with E-state index < -0.39 is 0 Å². The van der Waals surface area contributed by atoms with E-state index in [0.717, 1.165) is 18.1 Å². The highest BCUT2D eigenvalue weighted by Gasteiger charge is 2.22. The van der Waals surface area contributed by atoms with E-state index in [9.17, 15) is 9.59 Å². The van der Waals surface area contributed by atoms with Crippen LogP contribution in [0.25, 0.3) is 0 Å². The molecule has 2 amide bonds. The van der Waals surface area contributed by atoms with Crippen LogP contribution in [0.3, 0.4) is 0 Å². The van der Waals surface area contributed by atoms with Crippen LogP contribution in [-0.4, -0.2) is 55.9 Å². The molecule has 1 aromatic carbocycles. The van der Waals surface area contributed by atoms with E-state index in [1.54, 1.807) is 35.4 Å². The minimum atomic E-state index is -0.113. The number of carbonyl (C=O) groups is 2. The first-order valence-corrected chi connectivity index (χ1v) is 10.6. The van der Waals surface area contributed by atoms with E-state index in [1.165, 1.54) is 4.88 Å². The third-order valence-electron chi connectivity index (χ3n) is 4.81. The van der Waals surface area contributed by atoms with Gasteiger partial charge in [0.15, 0.2) is 5.96 Å². The molecule has 8 heteroatoms. The van der Waals surface area contributed by atoms with Crippen molar-refractivity contribution in [2.45, 2.75) is 19.4 Å². The van der Waals surface area contributed by atoms with Gasteiger partial charge in [0, 0.05) is 49.6 Å². The van der Waals surface area contributed by atoms with Crippen LogP contribution in [0.2, 0.25) is 0 Å². The topological polar surface area (TPSA) is 85.8 Å². The number of piperazine rings is 1. The molecule has 3 N–H and O–H groups in total. The Morgan fingerprint density at radius 3 is 2.72 bits per heavy atom. The Bertz CT molecular complexity index is 848. The molecule has 0 bridgehead atoms. The predicted octanol–water partition coefficient (Wildman–Crippen LogP) is 1.79. The monoisotopic (exact) mass is 413 g/mol. The van der Waals surface area contributed by atoms with Crippen LogP contribution in [0.15, 0.2) is 46.8 Å². The summed E-state index contributed by atoms with van der Waals surface area (Å²) < 4.78 is 0. The van der Waals surface area contributed by atoms with Crippen molar-refractivity contribution in [3.63, 3.8) is 0 Å². The standard InChI is InChI=1S/C21H27N5O2S/c1-15(18-4-3-11-29-18)12-24-21(22-2)25-13-16-5-7-17(8-6-16)20(28)26-10-9-23-19(27)14-26/h3-8,11,15H,9-10,12-14H2,1-2H3,(H,23,27)(H2,22,24,25). The zero-order valence-corrected chi connectivity index (χ0v) is 17.6. The van der Waals surface area contributed by atoms with Crippen LogP contribution in [-0.2, 0) is 11.3 Å². The Labute approximate surface area is 175 Å². The van der Waals surface area contributed by atoms with Gasteiger partial charge >= 0.3 is 0 Å². The zero-order chi connectivity index (χ0) is 20.6. The molecule has 0 spiro atoms. The molecular formula is C21H27N5O2S. The van der Waals surface area contributed by atoms with E-state index in [4.69, 9.17) is 0 Å². The van der Waals surface area contributed by atoms with Crippen molar-refractivity contribution in [2.24, 2.45) is 4.99 Å². The summed E-state index contributed by atoms with van der Waals surface area (Å²) in [7, 11) is 1.75. The van der Waals surface area contributed by atoms with Crippen molar-refractivity contribution in [3.8, 4) is 0 Å². The quantitative estimate of drug-likeness (QED) is 0.498.